The quantitative estimate of drug-likeness (QED) is 0.669. The van der Waals surface area contributed by atoms with E-state index in [1.807, 2.05) is 30.3 Å². The summed E-state index contributed by atoms with van der Waals surface area (Å²) in [6.07, 6.45) is 4.91. The van der Waals surface area contributed by atoms with Crippen molar-refractivity contribution in [1.29, 1.82) is 0 Å². The van der Waals surface area contributed by atoms with Gasteiger partial charge < -0.3 is 19.7 Å². The molecule has 1 amide bonds. The molecule has 1 aliphatic heterocycles. The van der Waals surface area contributed by atoms with E-state index in [9.17, 15) is 4.79 Å². The van der Waals surface area contributed by atoms with Crippen molar-refractivity contribution in [2.75, 3.05) is 33.3 Å². The van der Waals surface area contributed by atoms with E-state index in [-0.39, 0.29) is 5.91 Å². The normalized spacial score (nSPS) is 14.5. The Kier molecular flexibility index (Phi) is 7.73. The minimum absolute atomic E-state index is 0.0773. The molecule has 0 spiro atoms. The van der Waals surface area contributed by atoms with Gasteiger partial charge in [-0.2, -0.15) is 0 Å². The lowest BCUT2D eigenvalue weighted by Gasteiger charge is -2.26. The van der Waals surface area contributed by atoms with Gasteiger partial charge in [-0.3, -0.25) is 4.79 Å². The van der Waals surface area contributed by atoms with Crippen molar-refractivity contribution in [2.24, 2.45) is 0 Å². The van der Waals surface area contributed by atoms with Crippen LogP contribution in [0.1, 0.15) is 41.6 Å². The van der Waals surface area contributed by atoms with Crippen LogP contribution in [0.4, 0.5) is 0 Å². The van der Waals surface area contributed by atoms with E-state index in [2.05, 4.69) is 10.2 Å². The fourth-order valence-corrected chi connectivity index (χ4v) is 3.45. The average molecular weight is 383 g/mol. The van der Waals surface area contributed by atoms with Gasteiger partial charge in [0.1, 0.15) is 6.61 Å². The molecule has 3 rings (SSSR count). The molecule has 1 heterocycles. The summed E-state index contributed by atoms with van der Waals surface area (Å²) < 4.78 is 11.3. The zero-order valence-electron chi connectivity index (χ0n) is 16.7. The lowest BCUT2D eigenvalue weighted by molar-refractivity contribution is 0.0950. The van der Waals surface area contributed by atoms with Gasteiger partial charge in [-0.25, -0.2) is 0 Å². The minimum atomic E-state index is -0.0773. The number of hydrogen-bond acceptors (Lipinski definition) is 4. The first-order valence-electron chi connectivity index (χ1n) is 10.1. The first-order chi connectivity index (χ1) is 13.8. The Morgan fingerprint density at radius 1 is 1.04 bits per heavy atom. The zero-order valence-corrected chi connectivity index (χ0v) is 16.7. The van der Waals surface area contributed by atoms with Crippen LogP contribution < -0.4 is 14.8 Å². The summed E-state index contributed by atoms with van der Waals surface area (Å²) in [5.41, 5.74) is 1.67. The molecule has 2 aromatic rings. The van der Waals surface area contributed by atoms with E-state index in [0.29, 0.717) is 30.2 Å². The Labute approximate surface area is 167 Å². The van der Waals surface area contributed by atoms with Gasteiger partial charge in [0.25, 0.3) is 5.91 Å². The number of nitrogens with zero attached hydrogens (tertiary/aromatic N) is 1. The average Bonchev–Trinajstić information content (AvgIpc) is 2.76. The second-order valence-electron chi connectivity index (χ2n) is 7.15. The number of ether oxygens (including phenoxy) is 2. The molecule has 1 fully saturated rings. The van der Waals surface area contributed by atoms with E-state index in [1.165, 1.54) is 32.4 Å². The molecule has 5 nitrogen and oxygen atoms in total. The van der Waals surface area contributed by atoms with Crippen LogP contribution in [0.3, 0.4) is 0 Å². The van der Waals surface area contributed by atoms with E-state index in [1.54, 1.807) is 25.3 Å². The molecule has 1 aliphatic rings. The molecule has 0 aliphatic carbocycles. The predicted molar refractivity (Wildman–Crippen MR) is 111 cm³/mol. The molecule has 28 heavy (non-hydrogen) atoms. The number of piperidine rings is 1. The van der Waals surface area contributed by atoms with Crippen molar-refractivity contribution in [3.8, 4) is 11.5 Å². The molecule has 0 aromatic heterocycles. The summed E-state index contributed by atoms with van der Waals surface area (Å²) in [5.74, 6) is 1.12. The number of rotatable bonds is 9. The highest BCUT2D eigenvalue weighted by Crippen LogP contribution is 2.28. The fraction of sp³-hybridized carbons (Fsp3) is 0.435. The van der Waals surface area contributed by atoms with Crippen LogP contribution in [0.5, 0.6) is 11.5 Å². The van der Waals surface area contributed by atoms with E-state index >= 15 is 0 Å². The van der Waals surface area contributed by atoms with Gasteiger partial charge in [0.05, 0.1) is 7.11 Å². The second kappa shape index (κ2) is 10.7. The Balaban J connectivity index is 1.48. The smallest absolute Gasteiger partial charge is 0.251 e. The van der Waals surface area contributed by atoms with Crippen LogP contribution in [0.15, 0.2) is 48.5 Å². The predicted octanol–water partition coefficient (Wildman–Crippen LogP) is 3.88. The lowest BCUT2D eigenvalue weighted by Crippen LogP contribution is -2.33. The molecule has 0 atom stereocenters. The molecule has 0 unspecified atom stereocenters. The first-order valence-corrected chi connectivity index (χ1v) is 10.1. The molecule has 0 saturated carbocycles. The summed E-state index contributed by atoms with van der Waals surface area (Å²) in [5, 5.41) is 3.01. The third kappa shape index (κ3) is 5.99. The SMILES string of the molecule is COc1cc(C(=O)NCCCN2CCCCC2)ccc1OCc1ccccc1. The Bertz CT molecular complexity index is 743. The van der Waals surface area contributed by atoms with Crippen LogP contribution in [0, 0.1) is 0 Å². The lowest BCUT2D eigenvalue weighted by atomic mass is 10.1. The van der Waals surface area contributed by atoms with Crippen molar-refractivity contribution in [3.05, 3.63) is 59.7 Å². The second-order valence-corrected chi connectivity index (χ2v) is 7.15. The summed E-state index contributed by atoms with van der Waals surface area (Å²) in [6.45, 7) is 4.57. The number of methoxy groups -OCH3 is 1. The maximum atomic E-state index is 12.4. The largest absolute Gasteiger partial charge is 0.493 e. The molecule has 0 bridgehead atoms. The number of likely N-dealkylation sites (tertiary alicyclic amines) is 1. The van der Waals surface area contributed by atoms with Gasteiger partial charge in [0.15, 0.2) is 11.5 Å². The van der Waals surface area contributed by atoms with Gasteiger partial charge in [-0.15, -0.1) is 0 Å². The summed E-state index contributed by atoms with van der Waals surface area (Å²) in [4.78, 5) is 14.9. The third-order valence-corrected chi connectivity index (χ3v) is 5.05. The minimum Gasteiger partial charge on any atom is -0.493 e. The topological polar surface area (TPSA) is 50.8 Å². The molecule has 0 radical (unpaired) electrons. The molecule has 150 valence electrons. The van der Waals surface area contributed by atoms with E-state index in [0.717, 1.165) is 18.5 Å². The molecule has 2 aromatic carbocycles. The zero-order chi connectivity index (χ0) is 19.6. The van der Waals surface area contributed by atoms with Crippen LogP contribution >= 0.6 is 0 Å². The Hall–Kier alpha value is -2.53. The first kappa shape index (κ1) is 20.2. The van der Waals surface area contributed by atoms with Gasteiger partial charge in [-0.1, -0.05) is 36.8 Å². The summed E-state index contributed by atoms with van der Waals surface area (Å²) in [7, 11) is 1.59. The standard InChI is InChI=1S/C23H30N2O3/c1-27-22-17-20(11-12-21(22)28-18-19-9-4-2-5-10-19)23(26)24-13-8-16-25-14-6-3-7-15-25/h2,4-5,9-12,17H,3,6-8,13-16,18H2,1H3,(H,24,26). The van der Waals surface area contributed by atoms with Crippen LogP contribution in [0.2, 0.25) is 0 Å². The Morgan fingerprint density at radius 2 is 1.82 bits per heavy atom. The number of nitrogens with one attached hydrogen (secondary N) is 1. The summed E-state index contributed by atoms with van der Waals surface area (Å²) >= 11 is 0. The highest BCUT2D eigenvalue weighted by molar-refractivity contribution is 5.94. The van der Waals surface area contributed by atoms with Crippen LogP contribution in [-0.2, 0) is 6.61 Å². The number of carbonyl (C=O) groups excluding carboxylic acids is 1. The van der Waals surface area contributed by atoms with Crippen LogP contribution in [0.25, 0.3) is 0 Å². The highest BCUT2D eigenvalue weighted by Gasteiger charge is 2.12. The van der Waals surface area contributed by atoms with E-state index < -0.39 is 0 Å². The molecule has 1 saturated heterocycles. The van der Waals surface area contributed by atoms with Gasteiger partial charge >= 0.3 is 0 Å². The van der Waals surface area contributed by atoms with Crippen molar-refractivity contribution in [3.63, 3.8) is 0 Å². The van der Waals surface area contributed by atoms with Gasteiger partial charge in [0, 0.05) is 12.1 Å². The fourth-order valence-electron chi connectivity index (χ4n) is 3.45. The third-order valence-electron chi connectivity index (χ3n) is 5.05. The molecular formula is C23H30N2O3. The van der Waals surface area contributed by atoms with Gasteiger partial charge in [-0.05, 0) is 62.7 Å². The van der Waals surface area contributed by atoms with Crippen molar-refractivity contribution < 1.29 is 14.3 Å². The van der Waals surface area contributed by atoms with Crippen LogP contribution in [-0.4, -0.2) is 44.1 Å². The highest BCUT2D eigenvalue weighted by atomic mass is 16.5. The van der Waals surface area contributed by atoms with Crippen molar-refractivity contribution in [1.82, 2.24) is 10.2 Å². The monoisotopic (exact) mass is 382 g/mol. The number of benzene rings is 2. The maximum absolute atomic E-state index is 12.4. The number of amides is 1. The number of hydrogen-bond donors (Lipinski definition) is 1. The number of carbonyl (C=O) groups is 1. The molecule has 1 N–H and O–H groups in total. The van der Waals surface area contributed by atoms with Gasteiger partial charge in [0.2, 0.25) is 0 Å². The molecule has 5 heteroatoms. The Morgan fingerprint density at radius 3 is 2.57 bits per heavy atom. The maximum Gasteiger partial charge on any atom is 0.251 e. The van der Waals surface area contributed by atoms with Crippen molar-refractivity contribution >= 4 is 5.91 Å². The summed E-state index contributed by atoms with van der Waals surface area (Å²) in [6, 6.07) is 15.3. The van der Waals surface area contributed by atoms with Crippen molar-refractivity contribution in [2.45, 2.75) is 32.3 Å². The molecular weight excluding hydrogens is 352 g/mol. The van der Waals surface area contributed by atoms with E-state index in [4.69, 9.17) is 9.47 Å².